The Morgan fingerprint density at radius 3 is 3.53 bits per heavy atom. The first-order valence-corrected chi connectivity index (χ1v) is 4.93. The molecular weight excluding hydrogens is 200 g/mol. The molecule has 7 heteroatoms. The second-order valence-corrected chi connectivity index (χ2v) is 4.19. The Hall–Kier alpha value is -1.18. The number of aromatic nitrogens is 3. The number of aliphatic hydroxyl groups is 1. The average molecular weight is 210 g/mol. The zero-order valence-corrected chi connectivity index (χ0v) is 7.83. The van der Waals surface area contributed by atoms with Crippen molar-refractivity contribution in [2.75, 3.05) is 11.9 Å². The summed E-state index contributed by atoms with van der Waals surface area (Å²) in [7, 11) is 0. The Balaban J connectivity index is 1.89. The van der Waals surface area contributed by atoms with Crippen LogP contribution >= 0.6 is 0 Å². The normalized spacial score (nSPS) is 46.1. The van der Waals surface area contributed by atoms with Crippen molar-refractivity contribution in [2.24, 2.45) is 0 Å². The lowest BCUT2D eigenvalue weighted by atomic mass is 9.95. The van der Waals surface area contributed by atoms with Crippen LogP contribution in [0.1, 0.15) is 12.5 Å². The molecule has 7 nitrogen and oxygen atoms in total. The summed E-state index contributed by atoms with van der Waals surface area (Å²) in [5, 5.41) is 17.3. The van der Waals surface area contributed by atoms with E-state index < -0.39 is 12.0 Å². The van der Waals surface area contributed by atoms with Gasteiger partial charge in [0, 0.05) is 6.42 Å². The lowest BCUT2D eigenvalue weighted by Gasteiger charge is -2.44. The van der Waals surface area contributed by atoms with Gasteiger partial charge in [-0.1, -0.05) is 0 Å². The second kappa shape index (κ2) is 2.31. The molecule has 80 valence electrons. The van der Waals surface area contributed by atoms with Crippen LogP contribution in [0.4, 0.5) is 5.95 Å². The summed E-state index contributed by atoms with van der Waals surface area (Å²) in [4.78, 5) is 4.05. The minimum atomic E-state index is -1.17. The lowest BCUT2D eigenvalue weighted by molar-refractivity contribution is -0.215. The minimum absolute atomic E-state index is 0.00694. The highest BCUT2D eigenvalue weighted by Gasteiger charge is 2.57. The van der Waals surface area contributed by atoms with Crippen LogP contribution in [0.3, 0.4) is 0 Å². The van der Waals surface area contributed by atoms with Gasteiger partial charge < -0.3 is 19.9 Å². The van der Waals surface area contributed by atoms with Gasteiger partial charge >= 0.3 is 0 Å². The molecule has 2 fully saturated rings. The molecular formula is C8H10N4O3. The van der Waals surface area contributed by atoms with Crippen LogP contribution in [0, 0.1) is 0 Å². The molecule has 2 saturated heterocycles. The van der Waals surface area contributed by atoms with Crippen LogP contribution in [-0.4, -0.2) is 44.6 Å². The number of hydrogen-bond acceptors (Lipinski definition) is 6. The molecule has 3 aliphatic rings. The van der Waals surface area contributed by atoms with Crippen molar-refractivity contribution in [3.8, 4) is 0 Å². The Morgan fingerprint density at radius 1 is 1.67 bits per heavy atom. The van der Waals surface area contributed by atoms with E-state index in [1.165, 1.54) is 6.33 Å². The van der Waals surface area contributed by atoms with Gasteiger partial charge in [0.25, 0.3) is 0 Å². The van der Waals surface area contributed by atoms with E-state index in [1.807, 2.05) is 0 Å². The van der Waals surface area contributed by atoms with Crippen molar-refractivity contribution in [1.29, 1.82) is 0 Å². The maximum atomic E-state index is 10.3. The predicted octanol–water partition coefficient (Wildman–Crippen LogP) is -0.922. The molecule has 0 spiro atoms. The van der Waals surface area contributed by atoms with Crippen LogP contribution in [-0.2, 0) is 9.47 Å². The molecule has 0 aliphatic carbocycles. The Morgan fingerprint density at radius 2 is 2.60 bits per heavy atom. The van der Waals surface area contributed by atoms with E-state index in [2.05, 4.69) is 15.4 Å². The van der Waals surface area contributed by atoms with Gasteiger partial charge in [-0.3, -0.25) is 0 Å². The fraction of sp³-hybridized carbons (Fsp3) is 0.750. The molecule has 3 aliphatic heterocycles. The topological polar surface area (TPSA) is 81.4 Å². The van der Waals surface area contributed by atoms with Crippen molar-refractivity contribution in [1.82, 2.24) is 14.8 Å². The zero-order valence-electron chi connectivity index (χ0n) is 7.83. The van der Waals surface area contributed by atoms with Crippen LogP contribution in [0.5, 0.6) is 0 Å². The number of anilines is 1. The summed E-state index contributed by atoms with van der Waals surface area (Å²) in [6, 6.07) is 0.00694. The number of hydrogen-bond donors (Lipinski definition) is 2. The standard InChI is InChI=1S/C8H10N4O3/c13-8-1-4(5-2-14-6(8)15-5)12-7(11-8)9-3-10-12/h3-6,13H,1-2H2,(H,9,10,11)/t4-,5?,6+,8?/m1/s1. The van der Waals surface area contributed by atoms with Crippen molar-refractivity contribution in [3.05, 3.63) is 6.33 Å². The van der Waals surface area contributed by atoms with Crippen molar-refractivity contribution < 1.29 is 14.6 Å². The monoisotopic (exact) mass is 210 g/mol. The number of fused-ring (bicyclic) bond motifs is 8. The highest BCUT2D eigenvalue weighted by atomic mass is 16.7. The van der Waals surface area contributed by atoms with E-state index >= 15 is 0 Å². The number of ether oxygens (including phenoxy) is 2. The van der Waals surface area contributed by atoms with Gasteiger partial charge in [-0.15, -0.1) is 0 Å². The van der Waals surface area contributed by atoms with Gasteiger partial charge in [0.05, 0.1) is 12.6 Å². The van der Waals surface area contributed by atoms with Crippen LogP contribution < -0.4 is 5.32 Å². The smallest absolute Gasteiger partial charge is 0.223 e. The Bertz CT molecular complexity index is 422. The largest absolute Gasteiger partial charge is 0.366 e. The summed E-state index contributed by atoms with van der Waals surface area (Å²) in [6.45, 7) is 0.499. The van der Waals surface area contributed by atoms with Crippen molar-refractivity contribution in [2.45, 2.75) is 30.6 Å². The highest BCUT2D eigenvalue weighted by Crippen LogP contribution is 2.44. The van der Waals surface area contributed by atoms with Gasteiger partial charge in [0.15, 0.2) is 5.72 Å². The first-order valence-electron chi connectivity index (χ1n) is 4.93. The third kappa shape index (κ3) is 0.858. The summed E-state index contributed by atoms with van der Waals surface area (Å²) in [6.07, 6.45) is 1.39. The third-order valence-corrected chi connectivity index (χ3v) is 3.27. The molecule has 4 rings (SSSR count). The van der Waals surface area contributed by atoms with Gasteiger partial charge in [-0.2, -0.15) is 10.1 Å². The maximum Gasteiger partial charge on any atom is 0.223 e. The molecule has 2 N–H and O–H groups in total. The van der Waals surface area contributed by atoms with Crippen LogP contribution in [0.15, 0.2) is 6.33 Å². The molecule has 0 amide bonds. The van der Waals surface area contributed by atoms with Gasteiger partial charge in [0.1, 0.15) is 12.4 Å². The van der Waals surface area contributed by atoms with E-state index in [9.17, 15) is 5.11 Å². The molecule has 4 heterocycles. The van der Waals surface area contributed by atoms with E-state index in [0.717, 1.165) is 0 Å². The highest BCUT2D eigenvalue weighted by molar-refractivity contribution is 5.33. The van der Waals surface area contributed by atoms with Crippen LogP contribution in [0.2, 0.25) is 0 Å². The molecule has 4 atom stereocenters. The summed E-state index contributed by atoms with van der Waals surface area (Å²) >= 11 is 0. The molecule has 4 bridgehead atoms. The summed E-state index contributed by atoms with van der Waals surface area (Å²) in [5.41, 5.74) is -1.17. The fourth-order valence-electron chi connectivity index (χ4n) is 2.55. The lowest BCUT2D eigenvalue weighted by Crippen LogP contribution is -2.58. The Kier molecular flexibility index (Phi) is 1.24. The minimum Gasteiger partial charge on any atom is -0.366 e. The average Bonchev–Trinajstić information content (AvgIpc) is 2.80. The molecule has 0 saturated carbocycles. The second-order valence-electron chi connectivity index (χ2n) is 4.19. The Labute approximate surface area is 85.0 Å². The zero-order chi connectivity index (χ0) is 10.0. The van der Waals surface area contributed by atoms with Gasteiger partial charge in [-0.05, 0) is 0 Å². The SMILES string of the molecule is OC12C[C@H](C3CO[C@H]1O3)n1ncnc1N2. The number of nitrogens with one attached hydrogen (secondary N) is 1. The molecule has 2 unspecified atom stereocenters. The van der Waals surface area contributed by atoms with Crippen molar-refractivity contribution >= 4 is 5.95 Å². The third-order valence-electron chi connectivity index (χ3n) is 3.27. The van der Waals surface area contributed by atoms with E-state index in [-0.39, 0.29) is 12.1 Å². The summed E-state index contributed by atoms with van der Waals surface area (Å²) in [5.74, 6) is 0.581. The molecule has 0 aromatic carbocycles. The maximum absolute atomic E-state index is 10.3. The number of rotatable bonds is 0. The fourth-order valence-corrected chi connectivity index (χ4v) is 2.55. The molecule has 15 heavy (non-hydrogen) atoms. The van der Waals surface area contributed by atoms with E-state index in [4.69, 9.17) is 9.47 Å². The number of nitrogens with zero attached hydrogens (tertiary/aromatic N) is 3. The van der Waals surface area contributed by atoms with Crippen molar-refractivity contribution in [3.63, 3.8) is 0 Å². The predicted molar refractivity (Wildman–Crippen MR) is 46.9 cm³/mol. The molecule has 1 aromatic heterocycles. The molecule has 1 aromatic rings. The van der Waals surface area contributed by atoms with Gasteiger partial charge in [-0.25, -0.2) is 4.68 Å². The quantitative estimate of drug-likeness (QED) is 0.576. The van der Waals surface area contributed by atoms with E-state index in [1.54, 1.807) is 4.68 Å². The first kappa shape index (κ1) is 8.03. The summed E-state index contributed by atoms with van der Waals surface area (Å²) < 4.78 is 12.7. The van der Waals surface area contributed by atoms with Gasteiger partial charge in [0.2, 0.25) is 12.2 Å². The first-order chi connectivity index (χ1) is 7.26. The molecule has 0 radical (unpaired) electrons. The van der Waals surface area contributed by atoms with E-state index in [0.29, 0.717) is 19.0 Å². The van der Waals surface area contributed by atoms with Crippen LogP contribution in [0.25, 0.3) is 0 Å².